The van der Waals surface area contributed by atoms with Gasteiger partial charge in [-0.2, -0.15) is 4.31 Å². The second-order valence-electron chi connectivity index (χ2n) is 5.59. The van der Waals surface area contributed by atoms with E-state index in [2.05, 4.69) is 0 Å². The van der Waals surface area contributed by atoms with Gasteiger partial charge in [0.25, 0.3) is 0 Å². The van der Waals surface area contributed by atoms with Crippen molar-refractivity contribution in [2.75, 3.05) is 34.5 Å². The number of benzene rings is 1. The Kier molecular flexibility index (Phi) is 5.82. The Hall–Kier alpha value is -1.55. The van der Waals surface area contributed by atoms with Crippen molar-refractivity contribution in [3.05, 3.63) is 17.2 Å². The molecule has 1 fully saturated rings. The number of sulfonamides is 1. The summed E-state index contributed by atoms with van der Waals surface area (Å²) in [5, 5.41) is 9.75. The normalized spacial score (nSPS) is 21.3. The number of hydrogen-bond acceptors (Lipinski definition) is 6. The lowest BCUT2D eigenvalue weighted by atomic mass is 9.99. The molecule has 1 heterocycles. The first-order valence-electron chi connectivity index (χ1n) is 7.41. The van der Waals surface area contributed by atoms with Gasteiger partial charge < -0.3 is 19.3 Å². The number of methoxy groups -OCH3 is 3. The number of rotatable bonds is 7. The molecule has 10 heteroatoms. The Balaban J connectivity index is 2.62. The lowest BCUT2D eigenvalue weighted by Gasteiger charge is -2.33. The van der Waals surface area contributed by atoms with Crippen LogP contribution in [0.15, 0.2) is 17.0 Å². The molecule has 1 N–H and O–H groups in total. The summed E-state index contributed by atoms with van der Waals surface area (Å²) in [6, 6.07) is 2.55. The summed E-state index contributed by atoms with van der Waals surface area (Å²) in [6.45, 7) is -0.196. The molecule has 1 unspecified atom stereocenters. The summed E-state index contributed by atoms with van der Waals surface area (Å²) in [6.07, 6.45) is 0.558. The number of carboxylic acids is 1. The minimum absolute atomic E-state index is 0.0184. The van der Waals surface area contributed by atoms with Gasteiger partial charge in [-0.15, -0.1) is 0 Å². The van der Waals surface area contributed by atoms with Gasteiger partial charge in [-0.25, -0.2) is 8.42 Å². The van der Waals surface area contributed by atoms with Crippen molar-refractivity contribution in [2.24, 2.45) is 0 Å². The van der Waals surface area contributed by atoms with Gasteiger partial charge in [0, 0.05) is 19.7 Å². The van der Waals surface area contributed by atoms with Crippen LogP contribution in [0, 0.1) is 0 Å². The number of carboxylic acid groups (broad SMARTS) is 1. The van der Waals surface area contributed by atoms with E-state index < -0.39 is 21.5 Å². The van der Waals surface area contributed by atoms with Crippen LogP contribution in [0.2, 0.25) is 5.02 Å². The maximum absolute atomic E-state index is 13.2. The van der Waals surface area contributed by atoms with Crippen LogP contribution in [0.25, 0.3) is 0 Å². The zero-order valence-corrected chi connectivity index (χ0v) is 15.7. The molecule has 0 bridgehead atoms. The van der Waals surface area contributed by atoms with E-state index >= 15 is 0 Å². The molecular formula is C15H20ClNO7S. The average molecular weight is 394 g/mol. The summed E-state index contributed by atoms with van der Waals surface area (Å²) in [5.41, 5.74) is -1.66. The highest BCUT2D eigenvalue weighted by atomic mass is 35.5. The van der Waals surface area contributed by atoms with E-state index in [-0.39, 0.29) is 41.0 Å². The van der Waals surface area contributed by atoms with Crippen molar-refractivity contribution >= 4 is 27.6 Å². The number of halogens is 1. The van der Waals surface area contributed by atoms with E-state index in [0.29, 0.717) is 6.42 Å². The summed E-state index contributed by atoms with van der Waals surface area (Å²) < 4.78 is 42.6. The maximum Gasteiger partial charge on any atom is 0.327 e. The monoisotopic (exact) mass is 393 g/mol. The lowest BCUT2D eigenvalue weighted by molar-refractivity contribution is -0.150. The fraction of sp³-hybridized carbons (Fsp3) is 0.533. The third kappa shape index (κ3) is 3.29. The van der Waals surface area contributed by atoms with Gasteiger partial charge in [0.2, 0.25) is 10.0 Å². The van der Waals surface area contributed by atoms with Gasteiger partial charge in [0.1, 0.15) is 16.4 Å². The van der Waals surface area contributed by atoms with E-state index in [1.807, 2.05) is 0 Å². The van der Waals surface area contributed by atoms with Gasteiger partial charge in [-0.3, -0.25) is 4.79 Å². The minimum Gasteiger partial charge on any atom is -0.495 e. The highest BCUT2D eigenvalue weighted by Crippen LogP contribution is 2.41. The van der Waals surface area contributed by atoms with Gasteiger partial charge in [-0.1, -0.05) is 11.6 Å². The standard InChI is InChI=1S/C15H20ClNO7S/c1-22-9-15(14(18)19)5-4-6-17(15)25(20,21)13-7-10(16)11(23-2)8-12(13)24-3/h7-8H,4-6,9H2,1-3H3,(H,18,19). The number of ether oxygens (including phenoxy) is 3. The molecule has 2 rings (SSSR count). The van der Waals surface area contributed by atoms with E-state index in [1.54, 1.807) is 0 Å². The molecule has 140 valence electrons. The van der Waals surface area contributed by atoms with Crippen LogP contribution in [0.5, 0.6) is 11.5 Å². The molecule has 1 aromatic carbocycles. The van der Waals surface area contributed by atoms with Crippen LogP contribution in [0.3, 0.4) is 0 Å². The molecule has 0 saturated carbocycles. The Morgan fingerprint density at radius 2 is 1.92 bits per heavy atom. The summed E-state index contributed by atoms with van der Waals surface area (Å²) >= 11 is 6.06. The molecule has 1 aliphatic rings. The highest BCUT2D eigenvalue weighted by molar-refractivity contribution is 7.89. The summed E-state index contributed by atoms with van der Waals surface area (Å²) in [7, 11) is -0.161. The molecule has 0 spiro atoms. The molecule has 1 aliphatic heterocycles. The molecule has 8 nitrogen and oxygen atoms in total. The smallest absolute Gasteiger partial charge is 0.327 e. The molecule has 0 aromatic heterocycles. The number of hydrogen-bond donors (Lipinski definition) is 1. The van der Waals surface area contributed by atoms with Crippen molar-refractivity contribution in [1.29, 1.82) is 0 Å². The molecule has 0 amide bonds. The van der Waals surface area contributed by atoms with Crippen molar-refractivity contribution in [1.82, 2.24) is 4.31 Å². The SMILES string of the molecule is COCC1(C(=O)O)CCCN1S(=O)(=O)c1cc(Cl)c(OC)cc1OC. The predicted octanol–water partition coefficient (Wildman–Crippen LogP) is 1.61. The van der Waals surface area contributed by atoms with Crippen LogP contribution < -0.4 is 9.47 Å². The van der Waals surface area contributed by atoms with Crippen LogP contribution in [-0.4, -0.2) is 63.8 Å². The van der Waals surface area contributed by atoms with Gasteiger partial charge in [0.05, 0.1) is 25.8 Å². The van der Waals surface area contributed by atoms with Crippen LogP contribution >= 0.6 is 11.6 Å². The molecule has 25 heavy (non-hydrogen) atoms. The van der Waals surface area contributed by atoms with Crippen molar-refractivity contribution < 1.29 is 32.5 Å². The fourth-order valence-electron chi connectivity index (χ4n) is 3.02. The van der Waals surface area contributed by atoms with E-state index in [0.717, 1.165) is 4.31 Å². The molecule has 0 radical (unpaired) electrons. The lowest BCUT2D eigenvalue weighted by Crippen LogP contribution is -2.55. The second kappa shape index (κ2) is 7.36. The van der Waals surface area contributed by atoms with Crippen LogP contribution in [0.1, 0.15) is 12.8 Å². The highest BCUT2D eigenvalue weighted by Gasteiger charge is 2.54. The largest absolute Gasteiger partial charge is 0.495 e. The second-order valence-corrected chi connectivity index (χ2v) is 7.83. The predicted molar refractivity (Wildman–Crippen MR) is 89.9 cm³/mol. The third-order valence-electron chi connectivity index (χ3n) is 4.22. The van der Waals surface area contributed by atoms with E-state index in [9.17, 15) is 18.3 Å². The maximum atomic E-state index is 13.2. The topological polar surface area (TPSA) is 102 Å². The number of nitrogens with zero attached hydrogens (tertiary/aromatic N) is 1. The first kappa shape index (κ1) is 19.8. The fourth-order valence-corrected chi connectivity index (χ4v) is 5.27. The zero-order valence-electron chi connectivity index (χ0n) is 14.1. The molecule has 0 aliphatic carbocycles. The van der Waals surface area contributed by atoms with Crippen LogP contribution in [0.4, 0.5) is 0 Å². The minimum atomic E-state index is -4.20. The summed E-state index contributed by atoms with van der Waals surface area (Å²) in [5.74, 6) is -0.987. The average Bonchev–Trinajstić information content (AvgIpc) is 3.01. The first-order valence-corrected chi connectivity index (χ1v) is 9.23. The van der Waals surface area contributed by atoms with Crippen LogP contribution in [-0.2, 0) is 19.6 Å². The van der Waals surface area contributed by atoms with Crippen molar-refractivity contribution in [3.63, 3.8) is 0 Å². The van der Waals surface area contributed by atoms with Gasteiger partial charge >= 0.3 is 5.97 Å². The van der Waals surface area contributed by atoms with Gasteiger partial charge in [-0.05, 0) is 18.9 Å². The number of carbonyl (C=O) groups is 1. The Labute approximate surface area is 151 Å². The number of aliphatic carboxylic acids is 1. The van der Waals surface area contributed by atoms with Crippen molar-refractivity contribution in [3.8, 4) is 11.5 Å². The quantitative estimate of drug-likeness (QED) is 0.750. The zero-order chi connectivity index (χ0) is 18.8. The third-order valence-corrected chi connectivity index (χ3v) is 6.50. The first-order chi connectivity index (χ1) is 11.7. The van der Waals surface area contributed by atoms with E-state index in [4.69, 9.17) is 25.8 Å². The Morgan fingerprint density at radius 1 is 1.28 bits per heavy atom. The van der Waals surface area contributed by atoms with Crippen molar-refractivity contribution in [2.45, 2.75) is 23.3 Å². The molecule has 1 atom stereocenters. The molecular weight excluding hydrogens is 374 g/mol. The Bertz CT molecular complexity index is 767. The molecule has 1 aromatic rings. The summed E-state index contributed by atoms with van der Waals surface area (Å²) in [4.78, 5) is 11.6. The Morgan fingerprint density at radius 3 is 2.44 bits per heavy atom. The van der Waals surface area contributed by atoms with E-state index in [1.165, 1.54) is 33.5 Å². The molecule has 1 saturated heterocycles. The van der Waals surface area contributed by atoms with Gasteiger partial charge in [0.15, 0.2) is 5.54 Å².